The lowest BCUT2D eigenvalue weighted by atomic mass is 10.0. The van der Waals surface area contributed by atoms with Crippen molar-refractivity contribution in [2.24, 2.45) is 0 Å². The summed E-state index contributed by atoms with van der Waals surface area (Å²) in [7, 11) is 0. The molecule has 1 N–H and O–H groups in total. The van der Waals surface area contributed by atoms with E-state index in [1.54, 1.807) is 18.5 Å². The van der Waals surface area contributed by atoms with Gasteiger partial charge in [-0.2, -0.15) is 0 Å². The molecule has 1 aliphatic heterocycles. The van der Waals surface area contributed by atoms with Gasteiger partial charge in [-0.15, -0.1) is 0 Å². The van der Waals surface area contributed by atoms with Crippen molar-refractivity contribution in [3.05, 3.63) is 30.1 Å². The quantitative estimate of drug-likeness (QED) is 0.939. The van der Waals surface area contributed by atoms with Crippen LogP contribution in [0.2, 0.25) is 0 Å². The average molecular weight is 287 g/mol. The number of imidazole rings is 1. The number of aromatic carboxylic acids is 1. The number of nitrogens with zero attached hydrogens (tertiary/aromatic N) is 3. The molecule has 0 saturated carbocycles. The maximum absolute atomic E-state index is 11.3. The maximum atomic E-state index is 11.3. The van der Waals surface area contributed by atoms with Crippen LogP contribution >= 0.6 is 0 Å². The van der Waals surface area contributed by atoms with Crippen molar-refractivity contribution in [3.63, 3.8) is 0 Å². The summed E-state index contributed by atoms with van der Waals surface area (Å²) in [6.45, 7) is 5.59. The molecule has 0 radical (unpaired) electrons. The van der Waals surface area contributed by atoms with E-state index in [9.17, 15) is 9.90 Å². The Morgan fingerprint density at radius 3 is 2.81 bits per heavy atom. The fraction of sp³-hybridized carbons (Fsp3) is 0.500. The third-order valence-corrected chi connectivity index (χ3v) is 4.32. The summed E-state index contributed by atoms with van der Waals surface area (Å²) in [4.78, 5) is 18.1. The smallest absolute Gasteiger partial charge is 0.337 e. The van der Waals surface area contributed by atoms with Crippen molar-refractivity contribution >= 4 is 17.0 Å². The second kappa shape index (κ2) is 5.85. The van der Waals surface area contributed by atoms with Crippen molar-refractivity contribution < 1.29 is 9.90 Å². The van der Waals surface area contributed by atoms with Gasteiger partial charge in [-0.1, -0.05) is 13.0 Å². The first kappa shape index (κ1) is 14.1. The Hall–Kier alpha value is -1.88. The highest BCUT2D eigenvalue weighted by Gasteiger charge is 2.22. The van der Waals surface area contributed by atoms with Crippen LogP contribution in [0.4, 0.5) is 0 Å². The zero-order valence-corrected chi connectivity index (χ0v) is 12.3. The molecule has 112 valence electrons. The molecule has 1 aromatic heterocycles. The molecular weight excluding hydrogens is 266 g/mol. The number of rotatable bonds is 4. The molecule has 0 spiro atoms. The Morgan fingerprint density at radius 1 is 1.38 bits per heavy atom. The van der Waals surface area contributed by atoms with Gasteiger partial charge in [-0.25, -0.2) is 9.78 Å². The number of hydrogen-bond acceptors (Lipinski definition) is 3. The summed E-state index contributed by atoms with van der Waals surface area (Å²) in [6, 6.07) is 5.81. The average Bonchev–Trinajstić information content (AvgIpc) is 2.92. The lowest BCUT2D eigenvalue weighted by Gasteiger charge is -2.32. The van der Waals surface area contributed by atoms with E-state index < -0.39 is 5.97 Å². The number of likely N-dealkylation sites (tertiary alicyclic amines) is 1. The van der Waals surface area contributed by atoms with Crippen LogP contribution in [-0.2, 0) is 0 Å². The van der Waals surface area contributed by atoms with Gasteiger partial charge in [-0.3, -0.25) is 0 Å². The van der Waals surface area contributed by atoms with E-state index >= 15 is 0 Å². The van der Waals surface area contributed by atoms with E-state index in [0.29, 0.717) is 11.6 Å². The minimum atomic E-state index is -0.913. The van der Waals surface area contributed by atoms with E-state index in [-0.39, 0.29) is 5.56 Å². The topological polar surface area (TPSA) is 58.4 Å². The van der Waals surface area contributed by atoms with Gasteiger partial charge in [0, 0.05) is 19.1 Å². The Morgan fingerprint density at radius 2 is 2.14 bits per heavy atom. The lowest BCUT2D eigenvalue weighted by Crippen LogP contribution is -2.34. The molecule has 1 fully saturated rings. The molecular formula is C16H21N3O2. The third-order valence-electron chi connectivity index (χ3n) is 4.32. The van der Waals surface area contributed by atoms with Crippen molar-refractivity contribution in [2.45, 2.75) is 32.2 Å². The SMILES string of the molecule is CCCN1CCC(n2cnc3c(C(=O)O)cccc32)CC1. The van der Waals surface area contributed by atoms with Crippen LogP contribution in [0.25, 0.3) is 11.0 Å². The summed E-state index contributed by atoms with van der Waals surface area (Å²) in [6.07, 6.45) is 5.20. The highest BCUT2D eigenvalue weighted by atomic mass is 16.4. The molecule has 1 aromatic carbocycles. The van der Waals surface area contributed by atoms with Gasteiger partial charge in [0.15, 0.2) is 0 Å². The predicted octanol–water partition coefficient (Wildman–Crippen LogP) is 2.78. The third kappa shape index (κ3) is 2.65. The van der Waals surface area contributed by atoms with E-state index in [2.05, 4.69) is 21.4 Å². The van der Waals surface area contributed by atoms with Crippen molar-refractivity contribution in [2.75, 3.05) is 19.6 Å². The largest absolute Gasteiger partial charge is 0.478 e. The van der Waals surface area contributed by atoms with E-state index in [4.69, 9.17) is 0 Å². The molecule has 21 heavy (non-hydrogen) atoms. The van der Waals surface area contributed by atoms with Gasteiger partial charge in [-0.05, 0) is 37.9 Å². The Balaban J connectivity index is 1.86. The summed E-state index contributed by atoms with van der Waals surface area (Å²) in [5, 5.41) is 9.24. The monoisotopic (exact) mass is 287 g/mol. The first-order valence-corrected chi connectivity index (χ1v) is 7.62. The summed E-state index contributed by atoms with van der Waals surface area (Å²) < 4.78 is 2.16. The number of para-hydroxylation sites is 1. The maximum Gasteiger partial charge on any atom is 0.337 e. The number of carbonyl (C=O) groups is 1. The minimum Gasteiger partial charge on any atom is -0.478 e. The Kier molecular flexibility index (Phi) is 3.92. The number of carboxylic acids is 1. The van der Waals surface area contributed by atoms with E-state index in [0.717, 1.165) is 31.4 Å². The normalized spacial score (nSPS) is 17.4. The Labute approximate surface area is 124 Å². The van der Waals surface area contributed by atoms with Crippen LogP contribution in [0.15, 0.2) is 24.5 Å². The number of aromatic nitrogens is 2. The van der Waals surface area contributed by atoms with E-state index in [1.807, 2.05) is 6.07 Å². The summed E-state index contributed by atoms with van der Waals surface area (Å²) >= 11 is 0. The molecule has 0 amide bonds. The first-order chi connectivity index (χ1) is 10.2. The molecule has 1 aliphatic rings. The molecule has 0 aliphatic carbocycles. The molecule has 0 atom stereocenters. The highest BCUT2D eigenvalue weighted by Crippen LogP contribution is 2.27. The molecule has 0 bridgehead atoms. The molecule has 0 unspecified atom stereocenters. The summed E-state index contributed by atoms with van der Waals surface area (Å²) in [5.74, 6) is -0.913. The zero-order valence-electron chi connectivity index (χ0n) is 12.3. The molecule has 2 heterocycles. The summed E-state index contributed by atoms with van der Waals surface area (Å²) in [5.41, 5.74) is 1.82. The number of carboxylic acid groups (broad SMARTS) is 1. The van der Waals surface area contributed by atoms with Gasteiger partial charge >= 0.3 is 5.97 Å². The van der Waals surface area contributed by atoms with Crippen LogP contribution in [0, 0.1) is 0 Å². The van der Waals surface area contributed by atoms with Gasteiger partial charge in [0.2, 0.25) is 0 Å². The van der Waals surface area contributed by atoms with Gasteiger partial charge < -0.3 is 14.6 Å². The van der Waals surface area contributed by atoms with Crippen molar-refractivity contribution in [1.29, 1.82) is 0 Å². The van der Waals surface area contributed by atoms with Gasteiger partial charge in [0.25, 0.3) is 0 Å². The Bertz CT molecular complexity index is 642. The predicted molar refractivity (Wildman–Crippen MR) is 81.7 cm³/mol. The van der Waals surface area contributed by atoms with Crippen LogP contribution in [-0.4, -0.2) is 45.2 Å². The van der Waals surface area contributed by atoms with Crippen LogP contribution in [0.5, 0.6) is 0 Å². The standard InChI is InChI=1S/C16H21N3O2/c1-2-8-18-9-6-12(7-10-18)19-11-17-15-13(16(20)21)4-3-5-14(15)19/h3-5,11-12H,2,6-10H2,1H3,(H,20,21). The number of piperidine rings is 1. The zero-order chi connectivity index (χ0) is 14.8. The van der Waals surface area contributed by atoms with Gasteiger partial charge in [0.05, 0.1) is 17.4 Å². The van der Waals surface area contributed by atoms with Crippen LogP contribution < -0.4 is 0 Å². The van der Waals surface area contributed by atoms with Crippen molar-refractivity contribution in [3.8, 4) is 0 Å². The highest BCUT2D eigenvalue weighted by molar-refractivity contribution is 6.00. The second-order valence-corrected chi connectivity index (χ2v) is 5.70. The molecule has 5 heteroatoms. The number of benzene rings is 1. The van der Waals surface area contributed by atoms with Crippen LogP contribution in [0.1, 0.15) is 42.6 Å². The minimum absolute atomic E-state index is 0.287. The molecule has 1 saturated heterocycles. The molecule has 3 rings (SSSR count). The molecule has 5 nitrogen and oxygen atoms in total. The van der Waals surface area contributed by atoms with Crippen LogP contribution in [0.3, 0.4) is 0 Å². The van der Waals surface area contributed by atoms with Crippen molar-refractivity contribution in [1.82, 2.24) is 14.5 Å². The number of fused-ring (bicyclic) bond motifs is 1. The van der Waals surface area contributed by atoms with E-state index in [1.165, 1.54) is 13.0 Å². The second-order valence-electron chi connectivity index (χ2n) is 5.70. The lowest BCUT2D eigenvalue weighted by molar-refractivity contribution is 0.0699. The van der Waals surface area contributed by atoms with Gasteiger partial charge in [0.1, 0.15) is 5.52 Å². The fourth-order valence-corrected chi connectivity index (χ4v) is 3.26. The fourth-order valence-electron chi connectivity index (χ4n) is 3.26. The number of hydrogen-bond donors (Lipinski definition) is 1. The first-order valence-electron chi connectivity index (χ1n) is 7.62. The molecule has 2 aromatic rings.